The van der Waals surface area contributed by atoms with Crippen LogP contribution in [0, 0.1) is 0 Å². The minimum atomic E-state index is 0.646. The van der Waals surface area contributed by atoms with Gasteiger partial charge in [0.25, 0.3) is 0 Å². The van der Waals surface area contributed by atoms with Gasteiger partial charge in [0.05, 0.1) is 6.61 Å². The van der Waals surface area contributed by atoms with Crippen LogP contribution in [0.1, 0.15) is 31.7 Å². The predicted octanol–water partition coefficient (Wildman–Crippen LogP) is 2.90. The van der Waals surface area contributed by atoms with E-state index >= 15 is 0 Å². The summed E-state index contributed by atoms with van der Waals surface area (Å²) in [6, 6.07) is 10.2. The molecule has 0 saturated carbocycles. The molecule has 0 aliphatic rings. The van der Waals surface area contributed by atoms with E-state index in [2.05, 4.69) is 24.5 Å². The molecule has 0 saturated heterocycles. The van der Waals surface area contributed by atoms with Gasteiger partial charge in [-0.1, -0.05) is 50.1 Å². The Balaban J connectivity index is 1.99. The van der Waals surface area contributed by atoms with E-state index in [0.717, 1.165) is 6.54 Å². The Labute approximate surface area is 86.2 Å². The first-order valence-corrected chi connectivity index (χ1v) is 5.32. The van der Waals surface area contributed by atoms with Crippen molar-refractivity contribution in [2.24, 2.45) is 0 Å². The van der Waals surface area contributed by atoms with Crippen molar-refractivity contribution in [1.29, 1.82) is 0 Å². The van der Waals surface area contributed by atoms with Crippen LogP contribution in [-0.4, -0.2) is 6.54 Å². The molecule has 0 bridgehead atoms. The summed E-state index contributed by atoms with van der Waals surface area (Å²) in [7, 11) is 0. The minimum Gasteiger partial charge on any atom is -0.297 e. The summed E-state index contributed by atoms with van der Waals surface area (Å²) in [5, 5.41) is 0. The third kappa shape index (κ3) is 5.00. The Hall–Kier alpha value is -0.860. The van der Waals surface area contributed by atoms with E-state index in [-0.39, 0.29) is 0 Å². The van der Waals surface area contributed by atoms with Crippen LogP contribution in [0.4, 0.5) is 0 Å². The summed E-state index contributed by atoms with van der Waals surface area (Å²) >= 11 is 0. The van der Waals surface area contributed by atoms with Crippen molar-refractivity contribution in [3.63, 3.8) is 0 Å². The van der Waals surface area contributed by atoms with Crippen LogP contribution in [0.25, 0.3) is 0 Å². The average Bonchev–Trinajstić information content (AvgIpc) is 2.25. The van der Waals surface area contributed by atoms with Crippen molar-refractivity contribution < 1.29 is 4.84 Å². The molecule has 0 aromatic heterocycles. The predicted molar refractivity (Wildman–Crippen MR) is 58.8 cm³/mol. The number of hydrogen-bond acceptors (Lipinski definition) is 2. The summed E-state index contributed by atoms with van der Waals surface area (Å²) in [6.45, 7) is 3.79. The second-order valence-electron chi connectivity index (χ2n) is 3.38. The van der Waals surface area contributed by atoms with E-state index in [1.807, 2.05) is 18.2 Å². The molecule has 0 aliphatic carbocycles. The molecule has 0 fully saturated rings. The molecule has 78 valence electrons. The highest BCUT2D eigenvalue weighted by molar-refractivity contribution is 5.13. The maximum Gasteiger partial charge on any atom is 0.0933 e. The number of hydrogen-bond donors (Lipinski definition) is 1. The first-order valence-electron chi connectivity index (χ1n) is 5.32. The lowest BCUT2D eigenvalue weighted by molar-refractivity contribution is 0.0273. The Morgan fingerprint density at radius 3 is 2.64 bits per heavy atom. The molecule has 0 amide bonds. The smallest absolute Gasteiger partial charge is 0.0933 e. The van der Waals surface area contributed by atoms with Crippen molar-refractivity contribution in [1.82, 2.24) is 5.48 Å². The van der Waals surface area contributed by atoms with Crippen LogP contribution < -0.4 is 5.48 Å². The van der Waals surface area contributed by atoms with Crippen molar-refractivity contribution in [3.05, 3.63) is 35.9 Å². The Morgan fingerprint density at radius 1 is 1.14 bits per heavy atom. The van der Waals surface area contributed by atoms with Gasteiger partial charge in [-0.15, -0.1) is 0 Å². The van der Waals surface area contributed by atoms with Gasteiger partial charge in [-0.2, -0.15) is 0 Å². The first kappa shape index (κ1) is 11.2. The molecule has 0 spiro atoms. The average molecular weight is 193 g/mol. The SMILES string of the molecule is CCCCCNOCc1ccccc1. The fraction of sp³-hybridized carbons (Fsp3) is 0.500. The van der Waals surface area contributed by atoms with E-state index in [9.17, 15) is 0 Å². The van der Waals surface area contributed by atoms with Crippen molar-refractivity contribution in [2.45, 2.75) is 32.8 Å². The summed E-state index contributed by atoms with van der Waals surface area (Å²) in [4.78, 5) is 5.32. The largest absolute Gasteiger partial charge is 0.297 e. The quantitative estimate of drug-likeness (QED) is 0.531. The molecule has 0 radical (unpaired) electrons. The number of hydroxylamine groups is 1. The maximum atomic E-state index is 5.32. The third-order valence-corrected chi connectivity index (χ3v) is 2.07. The van der Waals surface area contributed by atoms with Gasteiger partial charge in [0, 0.05) is 6.54 Å². The van der Waals surface area contributed by atoms with Crippen LogP contribution in [0.15, 0.2) is 30.3 Å². The molecule has 2 nitrogen and oxygen atoms in total. The number of unbranched alkanes of at least 4 members (excludes halogenated alkanes) is 2. The summed E-state index contributed by atoms with van der Waals surface area (Å²) in [5.74, 6) is 0. The van der Waals surface area contributed by atoms with Gasteiger partial charge < -0.3 is 0 Å². The van der Waals surface area contributed by atoms with Crippen molar-refractivity contribution in [3.8, 4) is 0 Å². The lowest BCUT2D eigenvalue weighted by atomic mass is 10.2. The molecule has 14 heavy (non-hydrogen) atoms. The van der Waals surface area contributed by atoms with Gasteiger partial charge in [0.15, 0.2) is 0 Å². The zero-order valence-corrected chi connectivity index (χ0v) is 8.83. The van der Waals surface area contributed by atoms with Crippen LogP contribution in [0.5, 0.6) is 0 Å². The Kier molecular flexibility index (Phi) is 6.04. The third-order valence-electron chi connectivity index (χ3n) is 2.07. The second-order valence-corrected chi connectivity index (χ2v) is 3.38. The molecule has 0 aliphatic heterocycles. The molecule has 1 N–H and O–H groups in total. The lowest BCUT2D eigenvalue weighted by Gasteiger charge is -2.04. The Bertz CT molecular complexity index is 223. The van der Waals surface area contributed by atoms with E-state index in [4.69, 9.17) is 4.84 Å². The zero-order valence-electron chi connectivity index (χ0n) is 8.83. The van der Waals surface area contributed by atoms with Gasteiger partial charge in [-0.25, -0.2) is 5.48 Å². The zero-order chi connectivity index (χ0) is 10.1. The summed E-state index contributed by atoms with van der Waals surface area (Å²) in [6.07, 6.45) is 3.70. The van der Waals surface area contributed by atoms with Crippen molar-refractivity contribution in [2.75, 3.05) is 6.54 Å². The molecule has 0 atom stereocenters. The number of benzene rings is 1. The summed E-state index contributed by atoms with van der Waals surface area (Å²) in [5.41, 5.74) is 4.17. The fourth-order valence-electron chi connectivity index (χ4n) is 1.23. The van der Waals surface area contributed by atoms with Crippen LogP contribution >= 0.6 is 0 Å². The second kappa shape index (κ2) is 7.54. The monoisotopic (exact) mass is 193 g/mol. The van der Waals surface area contributed by atoms with Crippen molar-refractivity contribution >= 4 is 0 Å². The van der Waals surface area contributed by atoms with E-state index < -0.39 is 0 Å². The molecule has 0 heterocycles. The van der Waals surface area contributed by atoms with E-state index in [1.54, 1.807) is 0 Å². The standard InChI is InChI=1S/C12H19NO/c1-2-3-7-10-13-14-11-12-8-5-4-6-9-12/h4-6,8-9,13H,2-3,7,10-11H2,1H3. The van der Waals surface area contributed by atoms with Gasteiger partial charge in [-0.05, 0) is 12.0 Å². The lowest BCUT2D eigenvalue weighted by Crippen LogP contribution is -2.15. The molecule has 1 aromatic carbocycles. The van der Waals surface area contributed by atoms with Gasteiger partial charge in [0.1, 0.15) is 0 Å². The molecule has 1 rings (SSSR count). The van der Waals surface area contributed by atoms with Gasteiger partial charge in [0.2, 0.25) is 0 Å². The molecule has 0 unspecified atom stereocenters. The maximum absolute atomic E-state index is 5.32. The minimum absolute atomic E-state index is 0.646. The van der Waals surface area contributed by atoms with Gasteiger partial charge >= 0.3 is 0 Å². The fourth-order valence-corrected chi connectivity index (χ4v) is 1.23. The van der Waals surface area contributed by atoms with E-state index in [1.165, 1.54) is 24.8 Å². The molecule has 2 heteroatoms. The number of rotatable bonds is 7. The highest BCUT2D eigenvalue weighted by atomic mass is 16.6. The van der Waals surface area contributed by atoms with Crippen LogP contribution in [-0.2, 0) is 11.4 Å². The highest BCUT2D eigenvalue weighted by Gasteiger charge is 1.90. The molecular formula is C12H19NO. The van der Waals surface area contributed by atoms with E-state index in [0.29, 0.717) is 6.61 Å². The first-order chi connectivity index (χ1) is 6.93. The molecular weight excluding hydrogens is 174 g/mol. The molecule has 1 aromatic rings. The summed E-state index contributed by atoms with van der Waals surface area (Å²) < 4.78 is 0. The van der Waals surface area contributed by atoms with Crippen LogP contribution in [0.2, 0.25) is 0 Å². The van der Waals surface area contributed by atoms with Crippen LogP contribution in [0.3, 0.4) is 0 Å². The topological polar surface area (TPSA) is 21.3 Å². The highest BCUT2D eigenvalue weighted by Crippen LogP contribution is 1.99. The normalized spacial score (nSPS) is 10.4. The Morgan fingerprint density at radius 2 is 1.93 bits per heavy atom. The number of nitrogens with one attached hydrogen (secondary N) is 1. The van der Waals surface area contributed by atoms with Gasteiger partial charge in [-0.3, -0.25) is 4.84 Å².